The SMILES string of the molecule is COc1ccc(C(=O)N(Cc2ccccn2)C2CC2)c(Br)c1. The molecular weight excluding hydrogens is 344 g/mol. The van der Waals surface area contributed by atoms with Crippen LogP contribution in [0.1, 0.15) is 28.9 Å². The number of methoxy groups -OCH3 is 1. The Bertz CT molecular complexity index is 672. The average Bonchev–Trinajstić information content (AvgIpc) is 3.37. The standard InChI is InChI=1S/C17H17BrN2O2/c1-22-14-7-8-15(16(18)10-14)17(21)20(13-5-6-13)11-12-4-2-3-9-19-12/h2-4,7-10,13H,5-6,11H2,1H3. The Labute approximate surface area is 138 Å². The van der Waals surface area contributed by atoms with Crippen molar-refractivity contribution in [3.05, 3.63) is 58.3 Å². The maximum atomic E-state index is 12.9. The Morgan fingerprint density at radius 1 is 1.36 bits per heavy atom. The van der Waals surface area contributed by atoms with Crippen LogP contribution in [-0.4, -0.2) is 28.9 Å². The van der Waals surface area contributed by atoms with E-state index in [1.165, 1.54) is 0 Å². The average molecular weight is 361 g/mol. The van der Waals surface area contributed by atoms with Crippen molar-refractivity contribution in [1.29, 1.82) is 0 Å². The van der Waals surface area contributed by atoms with E-state index in [1.807, 2.05) is 35.2 Å². The van der Waals surface area contributed by atoms with E-state index in [0.717, 1.165) is 28.8 Å². The highest BCUT2D eigenvalue weighted by Crippen LogP contribution is 2.32. The fourth-order valence-electron chi connectivity index (χ4n) is 2.37. The topological polar surface area (TPSA) is 42.4 Å². The number of rotatable bonds is 5. The lowest BCUT2D eigenvalue weighted by Crippen LogP contribution is -2.33. The van der Waals surface area contributed by atoms with Gasteiger partial charge in [-0.1, -0.05) is 6.07 Å². The van der Waals surface area contributed by atoms with Crippen LogP contribution in [0.2, 0.25) is 0 Å². The van der Waals surface area contributed by atoms with Crippen LogP contribution < -0.4 is 4.74 Å². The fraction of sp³-hybridized carbons (Fsp3) is 0.294. The van der Waals surface area contributed by atoms with Gasteiger partial charge in [-0.15, -0.1) is 0 Å². The van der Waals surface area contributed by atoms with Gasteiger partial charge in [0.2, 0.25) is 0 Å². The number of amides is 1. The van der Waals surface area contributed by atoms with Gasteiger partial charge in [-0.3, -0.25) is 9.78 Å². The zero-order chi connectivity index (χ0) is 15.5. The van der Waals surface area contributed by atoms with Gasteiger partial charge in [0.05, 0.1) is 24.9 Å². The van der Waals surface area contributed by atoms with Crippen LogP contribution in [0, 0.1) is 0 Å². The van der Waals surface area contributed by atoms with E-state index in [0.29, 0.717) is 18.2 Å². The van der Waals surface area contributed by atoms with Gasteiger partial charge in [-0.05, 0) is 59.1 Å². The van der Waals surface area contributed by atoms with Crippen LogP contribution in [0.3, 0.4) is 0 Å². The Balaban J connectivity index is 1.84. The number of nitrogens with zero attached hydrogens (tertiary/aromatic N) is 2. The van der Waals surface area contributed by atoms with E-state index < -0.39 is 0 Å². The van der Waals surface area contributed by atoms with Crippen LogP contribution in [-0.2, 0) is 6.54 Å². The molecule has 1 saturated carbocycles. The van der Waals surface area contributed by atoms with E-state index in [1.54, 1.807) is 19.4 Å². The van der Waals surface area contributed by atoms with Gasteiger partial charge in [0.1, 0.15) is 5.75 Å². The molecule has 0 N–H and O–H groups in total. The summed E-state index contributed by atoms with van der Waals surface area (Å²) in [6, 6.07) is 11.5. The summed E-state index contributed by atoms with van der Waals surface area (Å²) >= 11 is 3.47. The number of carbonyl (C=O) groups excluding carboxylic acids is 1. The van der Waals surface area contributed by atoms with Gasteiger partial charge < -0.3 is 9.64 Å². The summed E-state index contributed by atoms with van der Waals surface area (Å²) in [6.07, 6.45) is 3.88. The van der Waals surface area contributed by atoms with E-state index in [9.17, 15) is 4.79 Å². The van der Waals surface area contributed by atoms with Crippen molar-refractivity contribution in [2.45, 2.75) is 25.4 Å². The van der Waals surface area contributed by atoms with Crippen molar-refractivity contribution in [3.63, 3.8) is 0 Å². The molecule has 0 unspecified atom stereocenters. The van der Waals surface area contributed by atoms with Crippen LogP contribution in [0.4, 0.5) is 0 Å². The van der Waals surface area contributed by atoms with Gasteiger partial charge in [-0.25, -0.2) is 0 Å². The molecule has 4 nitrogen and oxygen atoms in total. The van der Waals surface area contributed by atoms with Gasteiger partial charge in [0.15, 0.2) is 0 Å². The molecule has 5 heteroatoms. The minimum Gasteiger partial charge on any atom is -0.497 e. The van der Waals surface area contributed by atoms with Gasteiger partial charge >= 0.3 is 0 Å². The van der Waals surface area contributed by atoms with Crippen LogP contribution >= 0.6 is 15.9 Å². The second-order valence-electron chi connectivity index (χ2n) is 5.33. The van der Waals surface area contributed by atoms with Crippen molar-refractivity contribution >= 4 is 21.8 Å². The molecule has 0 bridgehead atoms. The lowest BCUT2D eigenvalue weighted by Gasteiger charge is -2.23. The molecule has 0 aliphatic heterocycles. The summed E-state index contributed by atoms with van der Waals surface area (Å²) in [4.78, 5) is 19.1. The molecule has 22 heavy (non-hydrogen) atoms. The lowest BCUT2D eigenvalue weighted by atomic mass is 10.1. The minimum absolute atomic E-state index is 0.0303. The number of pyridine rings is 1. The quantitative estimate of drug-likeness (QED) is 0.816. The first-order valence-electron chi connectivity index (χ1n) is 7.23. The van der Waals surface area contributed by atoms with Crippen molar-refractivity contribution in [2.75, 3.05) is 7.11 Å². The summed E-state index contributed by atoms with van der Waals surface area (Å²) in [6.45, 7) is 0.544. The van der Waals surface area contributed by atoms with E-state index >= 15 is 0 Å². The summed E-state index contributed by atoms with van der Waals surface area (Å²) in [5.41, 5.74) is 1.57. The summed E-state index contributed by atoms with van der Waals surface area (Å²) in [5, 5.41) is 0. The maximum absolute atomic E-state index is 12.9. The van der Waals surface area contributed by atoms with Crippen molar-refractivity contribution < 1.29 is 9.53 Å². The number of aromatic nitrogens is 1. The Morgan fingerprint density at radius 3 is 2.77 bits per heavy atom. The van der Waals surface area contributed by atoms with E-state index in [2.05, 4.69) is 20.9 Å². The second kappa shape index (κ2) is 6.48. The molecule has 0 spiro atoms. The largest absolute Gasteiger partial charge is 0.497 e. The summed E-state index contributed by atoms with van der Waals surface area (Å²) in [5.74, 6) is 0.758. The van der Waals surface area contributed by atoms with Crippen LogP contribution in [0.15, 0.2) is 47.1 Å². The molecule has 2 aromatic rings. The second-order valence-corrected chi connectivity index (χ2v) is 6.19. The van der Waals surface area contributed by atoms with E-state index in [4.69, 9.17) is 4.74 Å². The number of halogens is 1. The predicted octanol–water partition coefficient (Wildman–Crippen LogP) is 3.66. The Kier molecular flexibility index (Phi) is 4.43. The molecule has 1 amide bonds. The molecule has 114 valence electrons. The third-order valence-corrected chi connectivity index (χ3v) is 4.37. The molecule has 0 atom stereocenters. The minimum atomic E-state index is 0.0303. The van der Waals surface area contributed by atoms with Crippen LogP contribution in [0.5, 0.6) is 5.75 Å². The highest BCUT2D eigenvalue weighted by molar-refractivity contribution is 9.10. The van der Waals surface area contributed by atoms with Gasteiger partial charge in [-0.2, -0.15) is 0 Å². The molecule has 1 aromatic carbocycles. The monoisotopic (exact) mass is 360 g/mol. The first-order valence-corrected chi connectivity index (χ1v) is 8.03. The first kappa shape index (κ1) is 15.0. The fourth-order valence-corrected chi connectivity index (χ4v) is 2.90. The van der Waals surface area contributed by atoms with Crippen molar-refractivity contribution in [2.24, 2.45) is 0 Å². The predicted molar refractivity (Wildman–Crippen MR) is 87.8 cm³/mol. The molecule has 3 rings (SSSR count). The highest BCUT2D eigenvalue weighted by Gasteiger charge is 2.34. The zero-order valence-electron chi connectivity index (χ0n) is 12.3. The van der Waals surface area contributed by atoms with Crippen LogP contribution in [0.25, 0.3) is 0 Å². The number of hydrogen-bond acceptors (Lipinski definition) is 3. The van der Waals surface area contributed by atoms with Crippen molar-refractivity contribution in [1.82, 2.24) is 9.88 Å². The molecule has 0 radical (unpaired) electrons. The van der Waals surface area contributed by atoms with Gasteiger partial charge in [0.25, 0.3) is 5.91 Å². The van der Waals surface area contributed by atoms with Gasteiger partial charge in [0, 0.05) is 16.7 Å². The third kappa shape index (κ3) is 3.30. The molecule has 1 heterocycles. The maximum Gasteiger partial charge on any atom is 0.255 e. The zero-order valence-corrected chi connectivity index (χ0v) is 13.9. The number of benzene rings is 1. The number of ether oxygens (including phenoxy) is 1. The summed E-state index contributed by atoms with van der Waals surface area (Å²) < 4.78 is 5.93. The molecule has 1 aromatic heterocycles. The smallest absolute Gasteiger partial charge is 0.255 e. The normalized spacial score (nSPS) is 13.7. The highest BCUT2D eigenvalue weighted by atomic mass is 79.9. The lowest BCUT2D eigenvalue weighted by molar-refractivity contribution is 0.0727. The molecular formula is C17H17BrN2O2. The first-order chi connectivity index (χ1) is 10.7. The number of hydrogen-bond donors (Lipinski definition) is 0. The Hall–Kier alpha value is -1.88. The van der Waals surface area contributed by atoms with Crippen molar-refractivity contribution in [3.8, 4) is 5.75 Å². The molecule has 1 fully saturated rings. The Morgan fingerprint density at radius 2 is 2.18 bits per heavy atom. The molecule has 0 saturated heterocycles. The van der Waals surface area contributed by atoms with E-state index in [-0.39, 0.29) is 5.91 Å². The molecule has 1 aliphatic rings. The molecule has 1 aliphatic carbocycles. The number of carbonyl (C=O) groups is 1. The third-order valence-electron chi connectivity index (χ3n) is 3.71. The summed E-state index contributed by atoms with van der Waals surface area (Å²) in [7, 11) is 1.61.